The van der Waals surface area contributed by atoms with E-state index in [1.54, 1.807) is 0 Å². The van der Waals surface area contributed by atoms with Gasteiger partial charge in [0.2, 0.25) is 0 Å². The predicted molar refractivity (Wildman–Crippen MR) is 46.8 cm³/mol. The molecule has 1 fully saturated rings. The number of hydrogen-bond acceptors (Lipinski definition) is 1. The predicted octanol–water partition coefficient (Wildman–Crippen LogP) is 1.71. The average Bonchev–Trinajstić information content (AvgIpc) is 2.12. The van der Waals surface area contributed by atoms with Crippen LogP contribution in [0.15, 0.2) is 0 Å². The van der Waals surface area contributed by atoms with Crippen LogP contribution in [0.1, 0.15) is 25.7 Å². The van der Waals surface area contributed by atoms with E-state index in [1.807, 2.05) is 0 Å². The number of hydrogen-bond donors (Lipinski definition) is 0. The summed E-state index contributed by atoms with van der Waals surface area (Å²) in [7, 11) is 6.87. The van der Waals surface area contributed by atoms with E-state index in [2.05, 4.69) is 21.1 Å². The Morgan fingerprint density at radius 3 is 1.91 bits per heavy atom. The van der Waals surface area contributed by atoms with Crippen LogP contribution in [0.3, 0.4) is 0 Å². The fourth-order valence-corrected chi connectivity index (χ4v) is 1.97. The molecule has 0 heterocycles. The van der Waals surface area contributed by atoms with Crippen molar-refractivity contribution in [2.24, 2.45) is 5.92 Å². The fraction of sp³-hybridized carbons (Fsp3) is 1.00. The average molecular weight is 159 g/mol. The van der Waals surface area contributed by atoms with E-state index in [0.29, 0.717) is 0 Å². The zero-order valence-corrected chi connectivity index (χ0v) is 8.01. The van der Waals surface area contributed by atoms with Crippen molar-refractivity contribution in [3.05, 3.63) is 0 Å². The van der Waals surface area contributed by atoms with Gasteiger partial charge in [-0.3, -0.25) is 0 Å². The molecule has 0 unspecified atom stereocenters. The van der Waals surface area contributed by atoms with Crippen LogP contribution in [-0.2, 0) is 0 Å². The first kappa shape index (κ1) is 10.9. The lowest BCUT2D eigenvalue weighted by Crippen LogP contribution is -2.38. The molecule has 1 aliphatic rings. The number of rotatable bonds is 2. The summed E-state index contributed by atoms with van der Waals surface area (Å²) in [6.45, 7) is 1.38. The molecule has 2 nitrogen and oxygen atoms in total. The fourth-order valence-electron chi connectivity index (χ4n) is 1.97. The van der Waals surface area contributed by atoms with Crippen LogP contribution >= 0.6 is 0 Å². The monoisotopic (exact) mass is 159 g/mol. The summed E-state index contributed by atoms with van der Waals surface area (Å²) in [5.41, 5.74) is 0. The Labute approximate surface area is 70.1 Å². The Morgan fingerprint density at radius 1 is 1.09 bits per heavy atom. The highest BCUT2D eigenvalue weighted by molar-refractivity contribution is 4.65. The molecule has 0 aliphatic heterocycles. The second kappa shape index (κ2) is 4.07. The molecule has 0 spiro atoms. The van der Waals surface area contributed by atoms with Crippen molar-refractivity contribution in [3.63, 3.8) is 0 Å². The molecule has 0 amide bonds. The first-order chi connectivity index (χ1) is 4.58. The minimum absolute atomic E-state index is 0. The summed E-state index contributed by atoms with van der Waals surface area (Å²) in [5.74, 6) is 1.03. The minimum atomic E-state index is 0. The molecule has 68 valence electrons. The molecule has 11 heavy (non-hydrogen) atoms. The van der Waals surface area contributed by atoms with E-state index in [0.717, 1.165) is 10.4 Å². The molecule has 1 N–H and O–H groups in total. The highest BCUT2D eigenvalue weighted by Crippen LogP contribution is 2.25. The summed E-state index contributed by atoms with van der Waals surface area (Å²) < 4.78 is 1.14. The number of quaternary nitrogens is 1. The van der Waals surface area contributed by atoms with Crippen molar-refractivity contribution >= 4 is 0 Å². The van der Waals surface area contributed by atoms with Gasteiger partial charge in [0.25, 0.3) is 0 Å². The van der Waals surface area contributed by atoms with Crippen molar-refractivity contribution in [3.8, 4) is 0 Å². The van der Waals surface area contributed by atoms with E-state index >= 15 is 0 Å². The van der Waals surface area contributed by atoms with E-state index in [9.17, 15) is 0 Å². The Morgan fingerprint density at radius 2 is 1.55 bits per heavy atom. The number of nitrogens with zero attached hydrogens (tertiary/aromatic N) is 1. The zero-order chi connectivity index (χ0) is 7.61. The van der Waals surface area contributed by atoms with Gasteiger partial charge >= 0.3 is 0 Å². The third kappa shape index (κ3) is 4.38. The van der Waals surface area contributed by atoms with Crippen LogP contribution in [0.2, 0.25) is 0 Å². The van der Waals surface area contributed by atoms with Crippen molar-refractivity contribution < 1.29 is 9.96 Å². The van der Waals surface area contributed by atoms with Gasteiger partial charge in [0.15, 0.2) is 0 Å². The minimum Gasteiger partial charge on any atom is -0.870 e. The zero-order valence-electron chi connectivity index (χ0n) is 8.01. The molecule has 0 saturated heterocycles. The lowest BCUT2D eigenvalue weighted by Gasteiger charge is -2.27. The van der Waals surface area contributed by atoms with Crippen LogP contribution < -0.4 is 0 Å². The van der Waals surface area contributed by atoms with Crippen molar-refractivity contribution in [2.45, 2.75) is 25.7 Å². The first-order valence-corrected chi connectivity index (χ1v) is 4.38. The van der Waals surface area contributed by atoms with Crippen molar-refractivity contribution in [1.82, 2.24) is 0 Å². The summed E-state index contributed by atoms with van der Waals surface area (Å²) in [6.07, 6.45) is 5.92. The third-order valence-corrected chi connectivity index (χ3v) is 2.28. The molecule has 2 heteroatoms. The standard InChI is InChI=1S/C9H20N.H2O/c1-10(2,3)8-9-6-4-5-7-9;/h9H,4-8H2,1-3H3;1H2/q+1;/p-1. The second-order valence-electron chi connectivity index (χ2n) is 4.62. The molecular formula is C9H21NO. The Bertz CT molecular complexity index is 101. The molecule has 0 atom stereocenters. The Hall–Kier alpha value is -0.0800. The van der Waals surface area contributed by atoms with E-state index < -0.39 is 0 Å². The van der Waals surface area contributed by atoms with E-state index in [4.69, 9.17) is 0 Å². The van der Waals surface area contributed by atoms with Crippen LogP contribution in [0, 0.1) is 5.92 Å². The Balaban J connectivity index is 0.000001000. The molecule has 0 bridgehead atoms. The largest absolute Gasteiger partial charge is 0.870 e. The SMILES string of the molecule is C[N+](C)(C)CC1CCCC1.[OH-]. The topological polar surface area (TPSA) is 30.0 Å². The third-order valence-electron chi connectivity index (χ3n) is 2.28. The normalized spacial score (nSPS) is 19.9. The Kier molecular flexibility index (Phi) is 4.04. The first-order valence-electron chi connectivity index (χ1n) is 4.38. The van der Waals surface area contributed by atoms with Crippen molar-refractivity contribution in [1.29, 1.82) is 0 Å². The summed E-state index contributed by atoms with van der Waals surface area (Å²) >= 11 is 0. The van der Waals surface area contributed by atoms with Gasteiger partial charge in [-0.25, -0.2) is 0 Å². The van der Waals surface area contributed by atoms with Crippen molar-refractivity contribution in [2.75, 3.05) is 27.7 Å². The van der Waals surface area contributed by atoms with Crippen LogP contribution in [0.5, 0.6) is 0 Å². The van der Waals surface area contributed by atoms with Gasteiger partial charge in [0.05, 0.1) is 27.7 Å². The van der Waals surface area contributed by atoms with Gasteiger partial charge in [0, 0.05) is 5.92 Å². The molecule has 0 radical (unpaired) electrons. The molecule has 0 aromatic rings. The van der Waals surface area contributed by atoms with E-state index in [-0.39, 0.29) is 5.48 Å². The molecular weight excluding hydrogens is 138 g/mol. The highest BCUT2D eigenvalue weighted by Gasteiger charge is 2.21. The molecule has 1 saturated carbocycles. The summed E-state index contributed by atoms with van der Waals surface area (Å²) in [5, 5.41) is 0. The quantitative estimate of drug-likeness (QED) is 0.564. The maximum absolute atomic E-state index is 2.29. The summed E-state index contributed by atoms with van der Waals surface area (Å²) in [6, 6.07) is 0. The summed E-state index contributed by atoms with van der Waals surface area (Å²) in [4.78, 5) is 0. The lowest BCUT2D eigenvalue weighted by molar-refractivity contribution is -0.873. The second-order valence-corrected chi connectivity index (χ2v) is 4.62. The molecule has 1 rings (SSSR count). The maximum atomic E-state index is 2.29. The molecule has 1 aliphatic carbocycles. The van der Waals surface area contributed by atoms with E-state index in [1.165, 1.54) is 32.2 Å². The van der Waals surface area contributed by atoms with Crippen LogP contribution in [0.25, 0.3) is 0 Å². The highest BCUT2D eigenvalue weighted by atomic mass is 16.0. The van der Waals surface area contributed by atoms with Crippen LogP contribution in [-0.4, -0.2) is 37.6 Å². The van der Waals surface area contributed by atoms with Gasteiger partial charge in [-0.05, 0) is 12.8 Å². The molecule has 0 aromatic carbocycles. The smallest absolute Gasteiger partial charge is 0.0809 e. The molecule has 0 aromatic heterocycles. The van der Waals surface area contributed by atoms with Gasteiger partial charge in [-0.15, -0.1) is 0 Å². The maximum Gasteiger partial charge on any atom is 0.0809 e. The van der Waals surface area contributed by atoms with Gasteiger partial charge < -0.3 is 9.96 Å². The van der Waals surface area contributed by atoms with Crippen LogP contribution in [0.4, 0.5) is 0 Å². The van der Waals surface area contributed by atoms with Gasteiger partial charge in [-0.1, -0.05) is 12.8 Å². The van der Waals surface area contributed by atoms with Gasteiger partial charge in [0.1, 0.15) is 0 Å². The lowest BCUT2D eigenvalue weighted by atomic mass is 10.1. The van der Waals surface area contributed by atoms with Gasteiger partial charge in [-0.2, -0.15) is 0 Å².